The fourth-order valence-corrected chi connectivity index (χ4v) is 3.59. The lowest BCUT2D eigenvalue weighted by atomic mass is 10.0. The summed E-state index contributed by atoms with van der Waals surface area (Å²) in [6.07, 6.45) is 2.23. The van der Waals surface area contributed by atoms with Gasteiger partial charge in [-0.05, 0) is 39.7 Å². The summed E-state index contributed by atoms with van der Waals surface area (Å²) < 4.78 is 2.06. The summed E-state index contributed by atoms with van der Waals surface area (Å²) in [7, 11) is 0. The van der Waals surface area contributed by atoms with Crippen LogP contribution in [0.3, 0.4) is 0 Å². The zero-order chi connectivity index (χ0) is 19.0. The van der Waals surface area contributed by atoms with E-state index in [1.165, 1.54) is 5.69 Å². The van der Waals surface area contributed by atoms with E-state index in [4.69, 9.17) is 0 Å². The SMILES string of the molecule is Cc1cc(C)n(CC2(CNC(=O)c3c(-c4ccccc4)n[nH]c3C)CC2)n1. The van der Waals surface area contributed by atoms with E-state index in [-0.39, 0.29) is 11.3 Å². The van der Waals surface area contributed by atoms with Crippen molar-refractivity contribution in [2.45, 2.75) is 40.2 Å². The van der Waals surface area contributed by atoms with Gasteiger partial charge in [0.05, 0.1) is 11.3 Å². The summed E-state index contributed by atoms with van der Waals surface area (Å²) in [5, 5.41) is 15.0. The maximum absolute atomic E-state index is 12.9. The predicted molar refractivity (Wildman–Crippen MR) is 104 cm³/mol. The van der Waals surface area contributed by atoms with Crippen LogP contribution in [0.4, 0.5) is 0 Å². The first kappa shape index (κ1) is 17.5. The fraction of sp³-hybridized carbons (Fsp3) is 0.381. The average molecular weight is 363 g/mol. The lowest BCUT2D eigenvalue weighted by Crippen LogP contribution is -2.33. The third-order valence-electron chi connectivity index (χ3n) is 5.39. The molecule has 2 aromatic heterocycles. The molecule has 1 saturated carbocycles. The van der Waals surface area contributed by atoms with Crippen molar-refractivity contribution in [1.82, 2.24) is 25.3 Å². The van der Waals surface area contributed by atoms with Gasteiger partial charge in [-0.2, -0.15) is 10.2 Å². The quantitative estimate of drug-likeness (QED) is 0.705. The molecule has 6 heteroatoms. The molecule has 0 atom stereocenters. The standard InChI is InChI=1S/C21H25N5O/c1-14-11-15(2)26(25-14)13-21(9-10-21)12-22-20(27)18-16(3)23-24-19(18)17-7-5-4-6-8-17/h4-8,11H,9-10,12-13H2,1-3H3,(H,22,27)(H,23,24). The molecule has 0 aliphatic heterocycles. The predicted octanol–water partition coefficient (Wildman–Crippen LogP) is 3.41. The van der Waals surface area contributed by atoms with E-state index in [0.29, 0.717) is 17.8 Å². The Morgan fingerprint density at radius 1 is 1.22 bits per heavy atom. The van der Waals surface area contributed by atoms with Gasteiger partial charge in [0.2, 0.25) is 0 Å². The monoisotopic (exact) mass is 363 g/mol. The fourth-order valence-electron chi connectivity index (χ4n) is 3.59. The largest absolute Gasteiger partial charge is 0.351 e. The van der Waals surface area contributed by atoms with E-state index in [1.807, 2.05) is 44.2 Å². The Kier molecular flexibility index (Phi) is 4.34. The summed E-state index contributed by atoms with van der Waals surface area (Å²) >= 11 is 0. The zero-order valence-corrected chi connectivity index (χ0v) is 16.0. The summed E-state index contributed by atoms with van der Waals surface area (Å²) in [5.74, 6) is -0.0697. The molecule has 1 fully saturated rings. The molecule has 27 heavy (non-hydrogen) atoms. The maximum atomic E-state index is 12.9. The number of amides is 1. The number of aromatic amines is 1. The normalized spacial score (nSPS) is 14.9. The number of aromatic nitrogens is 4. The Labute approximate surface area is 159 Å². The molecule has 0 radical (unpaired) electrons. The van der Waals surface area contributed by atoms with E-state index in [9.17, 15) is 4.79 Å². The molecular weight excluding hydrogens is 338 g/mol. The van der Waals surface area contributed by atoms with Gasteiger partial charge in [0.1, 0.15) is 5.69 Å². The number of hydrogen-bond acceptors (Lipinski definition) is 3. The number of hydrogen-bond donors (Lipinski definition) is 2. The lowest BCUT2D eigenvalue weighted by Gasteiger charge is -2.17. The minimum atomic E-state index is -0.0697. The van der Waals surface area contributed by atoms with Crippen LogP contribution in [0.25, 0.3) is 11.3 Å². The summed E-state index contributed by atoms with van der Waals surface area (Å²) in [6, 6.07) is 11.9. The van der Waals surface area contributed by atoms with Gasteiger partial charge in [0.25, 0.3) is 5.91 Å². The van der Waals surface area contributed by atoms with Gasteiger partial charge in [-0.15, -0.1) is 0 Å². The van der Waals surface area contributed by atoms with Crippen molar-refractivity contribution < 1.29 is 4.79 Å². The van der Waals surface area contributed by atoms with Crippen molar-refractivity contribution >= 4 is 5.91 Å². The molecule has 1 aliphatic carbocycles. The summed E-state index contributed by atoms with van der Waals surface area (Å²) in [6.45, 7) is 7.48. The second-order valence-corrected chi connectivity index (χ2v) is 7.71. The van der Waals surface area contributed by atoms with E-state index in [1.54, 1.807) is 0 Å². The summed E-state index contributed by atoms with van der Waals surface area (Å²) in [4.78, 5) is 12.9. The smallest absolute Gasteiger partial charge is 0.255 e. The van der Waals surface area contributed by atoms with E-state index in [0.717, 1.165) is 36.3 Å². The third-order valence-corrected chi connectivity index (χ3v) is 5.39. The number of carbonyl (C=O) groups is 1. The molecule has 2 N–H and O–H groups in total. The van der Waals surface area contributed by atoms with Gasteiger partial charge in [0.15, 0.2) is 0 Å². The first-order valence-electron chi connectivity index (χ1n) is 9.37. The van der Waals surface area contributed by atoms with Crippen LogP contribution in [0.2, 0.25) is 0 Å². The molecule has 0 saturated heterocycles. The van der Waals surface area contributed by atoms with Crippen LogP contribution in [-0.4, -0.2) is 32.4 Å². The van der Waals surface area contributed by atoms with E-state index in [2.05, 4.69) is 38.3 Å². The number of carbonyl (C=O) groups excluding carboxylic acids is 1. The molecule has 4 rings (SSSR count). The van der Waals surface area contributed by atoms with Crippen LogP contribution in [0.1, 0.15) is 40.3 Å². The molecule has 3 aromatic rings. The minimum Gasteiger partial charge on any atom is -0.351 e. The van der Waals surface area contributed by atoms with Crippen molar-refractivity contribution in [3.8, 4) is 11.3 Å². The van der Waals surface area contributed by atoms with Crippen molar-refractivity contribution in [1.29, 1.82) is 0 Å². The van der Waals surface area contributed by atoms with Crippen molar-refractivity contribution in [3.05, 3.63) is 59.0 Å². The highest BCUT2D eigenvalue weighted by atomic mass is 16.1. The zero-order valence-electron chi connectivity index (χ0n) is 16.0. The Bertz CT molecular complexity index is 966. The van der Waals surface area contributed by atoms with Crippen LogP contribution < -0.4 is 5.32 Å². The van der Waals surface area contributed by atoms with Gasteiger partial charge < -0.3 is 5.32 Å². The van der Waals surface area contributed by atoms with Gasteiger partial charge in [0, 0.05) is 35.5 Å². The Morgan fingerprint density at radius 3 is 2.59 bits per heavy atom. The van der Waals surface area contributed by atoms with Gasteiger partial charge >= 0.3 is 0 Å². The Hall–Kier alpha value is -2.89. The Morgan fingerprint density at radius 2 is 1.96 bits per heavy atom. The lowest BCUT2D eigenvalue weighted by molar-refractivity contribution is 0.0942. The van der Waals surface area contributed by atoms with Crippen molar-refractivity contribution in [3.63, 3.8) is 0 Å². The van der Waals surface area contributed by atoms with E-state index < -0.39 is 0 Å². The molecule has 1 aromatic carbocycles. The number of benzene rings is 1. The van der Waals surface area contributed by atoms with Gasteiger partial charge in [-0.1, -0.05) is 30.3 Å². The average Bonchev–Trinajstić information content (AvgIpc) is 3.20. The second kappa shape index (κ2) is 6.68. The molecule has 1 aliphatic rings. The van der Waals surface area contributed by atoms with Crippen LogP contribution in [0.15, 0.2) is 36.4 Å². The van der Waals surface area contributed by atoms with Gasteiger partial charge in [-0.25, -0.2) is 0 Å². The highest BCUT2D eigenvalue weighted by Crippen LogP contribution is 2.46. The van der Waals surface area contributed by atoms with Crippen LogP contribution in [0.5, 0.6) is 0 Å². The first-order valence-corrected chi connectivity index (χ1v) is 9.37. The topological polar surface area (TPSA) is 75.6 Å². The molecule has 6 nitrogen and oxygen atoms in total. The highest BCUT2D eigenvalue weighted by molar-refractivity contribution is 6.01. The molecule has 0 spiro atoms. The number of H-pyrrole nitrogens is 1. The molecule has 1 amide bonds. The molecule has 0 unspecified atom stereocenters. The number of rotatable bonds is 6. The molecule has 2 heterocycles. The second-order valence-electron chi connectivity index (χ2n) is 7.71. The first-order chi connectivity index (χ1) is 13.0. The number of aryl methyl sites for hydroxylation is 3. The number of nitrogens with zero attached hydrogens (tertiary/aromatic N) is 3. The van der Waals surface area contributed by atoms with Crippen molar-refractivity contribution in [2.75, 3.05) is 6.54 Å². The molecule has 0 bridgehead atoms. The van der Waals surface area contributed by atoms with E-state index >= 15 is 0 Å². The van der Waals surface area contributed by atoms with Gasteiger partial charge in [-0.3, -0.25) is 14.6 Å². The van der Waals surface area contributed by atoms with Crippen LogP contribution >= 0.6 is 0 Å². The molecule has 140 valence electrons. The minimum absolute atomic E-state index is 0.0697. The third kappa shape index (κ3) is 3.52. The highest BCUT2D eigenvalue weighted by Gasteiger charge is 2.43. The van der Waals surface area contributed by atoms with Crippen molar-refractivity contribution in [2.24, 2.45) is 5.41 Å². The van der Waals surface area contributed by atoms with Crippen LogP contribution in [-0.2, 0) is 6.54 Å². The Balaban J connectivity index is 1.48. The van der Waals surface area contributed by atoms with Crippen LogP contribution in [0, 0.1) is 26.2 Å². The molecular formula is C21H25N5O. The number of nitrogens with one attached hydrogen (secondary N) is 2. The maximum Gasteiger partial charge on any atom is 0.255 e. The summed E-state index contributed by atoms with van der Waals surface area (Å²) in [5.41, 5.74) is 5.38.